The van der Waals surface area contributed by atoms with Gasteiger partial charge in [0.05, 0.1) is 0 Å². The third-order valence-electron chi connectivity index (χ3n) is 6.12. The number of rotatable bonds is 6. The van der Waals surface area contributed by atoms with Crippen molar-refractivity contribution in [2.45, 2.75) is 52.0 Å². The van der Waals surface area contributed by atoms with Crippen LogP contribution in [-0.2, 0) is 4.79 Å². The number of benzene rings is 1. The topological polar surface area (TPSA) is 70.6 Å². The number of anilines is 2. The molecular weight excluding hydrogens is 390 g/mol. The minimum Gasteiger partial charge on any atom is -0.484 e. The van der Waals surface area contributed by atoms with Crippen LogP contribution >= 0.6 is 0 Å². The Morgan fingerprint density at radius 1 is 1.03 bits per heavy atom. The fourth-order valence-electron chi connectivity index (χ4n) is 4.26. The zero-order chi connectivity index (χ0) is 21.6. The van der Waals surface area contributed by atoms with E-state index >= 15 is 0 Å². The number of carbonyl (C=O) groups excluding carboxylic acids is 1. The highest BCUT2D eigenvalue weighted by atomic mass is 16.5. The molecular formula is C24H33N5O2. The Balaban J connectivity index is 1.29. The molecule has 0 bridgehead atoms. The van der Waals surface area contributed by atoms with Gasteiger partial charge >= 0.3 is 0 Å². The van der Waals surface area contributed by atoms with Gasteiger partial charge < -0.3 is 19.9 Å². The van der Waals surface area contributed by atoms with Gasteiger partial charge in [0.25, 0.3) is 5.91 Å². The van der Waals surface area contributed by atoms with Crippen molar-refractivity contribution in [3.8, 4) is 5.75 Å². The van der Waals surface area contributed by atoms with Crippen LogP contribution < -0.4 is 15.0 Å². The van der Waals surface area contributed by atoms with Crippen LogP contribution in [0.25, 0.3) is 0 Å². The zero-order valence-corrected chi connectivity index (χ0v) is 18.6. The SMILES string of the molecule is Cc1ccc(OCC(=O)N2CCN(c3cc(C)nc(NC4CCCCC4)n3)CC2)cc1. The summed E-state index contributed by atoms with van der Waals surface area (Å²) in [6, 6.07) is 10.3. The first-order chi connectivity index (χ1) is 15.1. The van der Waals surface area contributed by atoms with Gasteiger partial charge in [0.2, 0.25) is 5.95 Å². The lowest BCUT2D eigenvalue weighted by molar-refractivity contribution is -0.133. The van der Waals surface area contributed by atoms with Gasteiger partial charge in [-0.15, -0.1) is 0 Å². The van der Waals surface area contributed by atoms with E-state index in [2.05, 4.69) is 15.2 Å². The van der Waals surface area contributed by atoms with E-state index in [1.165, 1.54) is 37.7 Å². The molecule has 7 heteroatoms. The van der Waals surface area contributed by atoms with Crippen LogP contribution in [0.15, 0.2) is 30.3 Å². The lowest BCUT2D eigenvalue weighted by Crippen LogP contribution is -2.50. The number of aryl methyl sites for hydroxylation is 2. The summed E-state index contributed by atoms with van der Waals surface area (Å²) in [7, 11) is 0. The molecule has 1 saturated carbocycles. The van der Waals surface area contributed by atoms with E-state index in [0.717, 1.165) is 36.3 Å². The highest BCUT2D eigenvalue weighted by molar-refractivity contribution is 5.78. The quantitative estimate of drug-likeness (QED) is 0.766. The first-order valence-electron chi connectivity index (χ1n) is 11.4. The summed E-state index contributed by atoms with van der Waals surface area (Å²) < 4.78 is 5.66. The predicted molar refractivity (Wildman–Crippen MR) is 123 cm³/mol. The smallest absolute Gasteiger partial charge is 0.260 e. The molecule has 0 unspecified atom stereocenters. The molecule has 31 heavy (non-hydrogen) atoms. The number of nitrogens with one attached hydrogen (secondary N) is 1. The summed E-state index contributed by atoms with van der Waals surface area (Å²) in [6.45, 7) is 6.98. The molecule has 4 rings (SSSR count). The van der Waals surface area contributed by atoms with Crippen molar-refractivity contribution in [3.63, 3.8) is 0 Å². The van der Waals surface area contributed by atoms with Crippen molar-refractivity contribution in [1.29, 1.82) is 0 Å². The molecule has 1 aromatic heterocycles. The van der Waals surface area contributed by atoms with E-state index < -0.39 is 0 Å². The maximum absolute atomic E-state index is 12.6. The maximum atomic E-state index is 12.6. The van der Waals surface area contributed by atoms with Crippen LogP contribution in [0.2, 0.25) is 0 Å². The number of nitrogens with zero attached hydrogens (tertiary/aromatic N) is 4. The lowest BCUT2D eigenvalue weighted by atomic mass is 9.96. The number of hydrogen-bond donors (Lipinski definition) is 1. The number of amides is 1. The van der Waals surface area contributed by atoms with Gasteiger partial charge in [-0.25, -0.2) is 4.98 Å². The minimum absolute atomic E-state index is 0.0266. The van der Waals surface area contributed by atoms with E-state index in [1.807, 2.05) is 49.1 Å². The van der Waals surface area contributed by atoms with Gasteiger partial charge in [-0.2, -0.15) is 4.98 Å². The van der Waals surface area contributed by atoms with E-state index in [-0.39, 0.29) is 12.5 Å². The first kappa shape index (κ1) is 21.4. The molecule has 0 radical (unpaired) electrons. The fourth-order valence-corrected chi connectivity index (χ4v) is 4.26. The van der Waals surface area contributed by atoms with Crippen LogP contribution in [0.4, 0.5) is 11.8 Å². The third kappa shape index (κ3) is 5.87. The van der Waals surface area contributed by atoms with Crippen molar-refractivity contribution in [2.24, 2.45) is 0 Å². The fraction of sp³-hybridized carbons (Fsp3) is 0.542. The van der Waals surface area contributed by atoms with Crippen LogP contribution in [-0.4, -0.2) is 59.6 Å². The molecule has 1 saturated heterocycles. The molecule has 2 heterocycles. The Morgan fingerprint density at radius 2 is 1.74 bits per heavy atom. The summed E-state index contributed by atoms with van der Waals surface area (Å²) in [4.78, 5) is 26.0. The number of ether oxygens (including phenoxy) is 1. The normalized spacial score (nSPS) is 17.5. The second-order valence-electron chi connectivity index (χ2n) is 8.64. The molecule has 1 N–H and O–H groups in total. The first-order valence-corrected chi connectivity index (χ1v) is 11.4. The molecule has 2 fully saturated rings. The van der Waals surface area contributed by atoms with Gasteiger partial charge in [-0.1, -0.05) is 37.0 Å². The van der Waals surface area contributed by atoms with Crippen molar-refractivity contribution in [1.82, 2.24) is 14.9 Å². The monoisotopic (exact) mass is 423 g/mol. The molecule has 2 aliphatic rings. The molecule has 0 atom stereocenters. The van der Waals surface area contributed by atoms with E-state index in [4.69, 9.17) is 9.72 Å². The van der Waals surface area contributed by atoms with Gasteiger partial charge in [-0.3, -0.25) is 4.79 Å². The van der Waals surface area contributed by atoms with Gasteiger partial charge in [0.1, 0.15) is 11.6 Å². The van der Waals surface area contributed by atoms with Crippen molar-refractivity contribution in [2.75, 3.05) is 43.0 Å². The standard InChI is InChI=1S/C24H33N5O2/c1-18-8-10-21(11-9-18)31-17-23(30)29-14-12-28(13-15-29)22-16-19(2)25-24(27-22)26-20-6-4-3-5-7-20/h8-11,16,20H,3-7,12-15,17H2,1-2H3,(H,25,26,27). The maximum Gasteiger partial charge on any atom is 0.260 e. The number of piperazine rings is 1. The highest BCUT2D eigenvalue weighted by Crippen LogP contribution is 2.22. The second kappa shape index (κ2) is 9.98. The molecule has 2 aromatic rings. The molecule has 166 valence electrons. The van der Waals surface area contributed by atoms with Crippen molar-refractivity contribution < 1.29 is 9.53 Å². The Bertz CT molecular complexity index is 872. The average Bonchev–Trinajstić information content (AvgIpc) is 2.79. The highest BCUT2D eigenvalue weighted by Gasteiger charge is 2.23. The van der Waals surface area contributed by atoms with Gasteiger partial charge in [-0.05, 0) is 38.8 Å². The summed E-state index contributed by atoms with van der Waals surface area (Å²) in [6.07, 6.45) is 6.27. The van der Waals surface area contributed by atoms with E-state index in [9.17, 15) is 4.79 Å². The molecule has 0 spiro atoms. The van der Waals surface area contributed by atoms with Crippen LogP contribution in [0.3, 0.4) is 0 Å². The number of aromatic nitrogens is 2. The zero-order valence-electron chi connectivity index (χ0n) is 18.6. The Hall–Kier alpha value is -2.83. The molecule has 7 nitrogen and oxygen atoms in total. The van der Waals surface area contributed by atoms with Crippen LogP contribution in [0.5, 0.6) is 5.75 Å². The Morgan fingerprint density at radius 3 is 2.45 bits per heavy atom. The summed E-state index contributed by atoms with van der Waals surface area (Å²) in [5.74, 6) is 2.42. The van der Waals surface area contributed by atoms with E-state index in [1.54, 1.807) is 0 Å². The summed E-state index contributed by atoms with van der Waals surface area (Å²) >= 11 is 0. The van der Waals surface area contributed by atoms with Crippen LogP contribution in [0.1, 0.15) is 43.4 Å². The van der Waals surface area contributed by atoms with Crippen LogP contribution in [0, 0.1) is 13.8 Å². The van der Waals surface area contributed by atoms with Gasteiger partial charge in [0, 0.05) is 44.0 Å². The van der Waals surface area contributed by atoms with Crippen molar-refractivity contribution in [3.05, 3.63) is 41.6 Å². The average molecular weight is 424 g/mol. The Labute approximate surface area is 184 Å². The third-order valence-corrected chi connectivity index (χ3v) is 6.12. The Kier molecular flexibility index (Phi) is 6.89. The molecule has 1 aromatic carbocycles. The number of hydrogen-bond acceptors (Lipinski definition) is 6. The lowest BCUT2D eigenvalue weighted by Gasteiger charge is -2.35. The molecule has 1 aliphatic carbocycles. The summed E-state index contributed by atoms with van der Waals surface area (Å²) in [5.41, 5.74) is 2.14. The van der Waals surface area contributed by atoms with Crippen molar-refractivity contribution >= 4 is 17.7 Å². The predicted octanol–water partition coefficient (Wildman–Crippen LogP) is 3.57. The minimum atomic E-state index is 0.0266. The largest absolute Gasteiger partial charge is 0.484 e. The summed E-state index contributed by atoms with van der Waals surface area (Å²) in [5, 5.41) is 3.53. The second-order valence-corrected chi connectivity index (χ2v) is 8.64. The van der Waals surface area contributed by atoms with E-state index in [0.29, 0.717) is 19.1 Å². The number of carbonyl (C=O) groups is 1. The molecule has 1 amide bonds. The molecule has 1 aliphatic heterocycles. The van der Waals surface area contributed by atoms with Gasteiger partial charge in [0.15, 0.2) is 6.61 Å².